The summed E-state index contributed by atoms with van der Waals surface area (Å²) in [6.45, 7) is 0. The number of nitrogens with zero attached hydrogens (tertiary/aromatic N) is 2. The molecule has 1 heterocycles. The lowest BCUT2D eigenvalue weighted by molar-refractivity contribution is -0.113. The molecule has 2 aromatic carbocycles. The third kappa shape index (κ3) is 4.61. The van der Waals surface area contributed by atoms with Gasteiger partial charge >= 0.3 is 0 Å². The number of carbonyl (C=O) groups excluding carboxylic acids is 1. The SMILES string of the molecule is COc1ccccc1-c1nnc(SCC(=O)Nc2cccc(Br)c2)o1. The van der Waals surface area contributed by atoms with Gasteiger partial charge in [0.1, 0.15) is 5.75 Å². The largest absolute Gasteiger partial charge is 0.496 e. The maximum atomic E-state index is 12.0. The first kappa shape index (κ1) is 17.5. The molecule has 25 heavy (non-hydrogen) atoms. The minimum atomic E-state index is -0.153. The Bertz CT molecular complexity index is 885. The Hall–Kier alpha value is -2.32. The number of hydrogen-bond donors (Lipinski definition) is 1. The van der Waals surface area contributed by atoms with Crippen molar-refractivity contribution in [3.05, 3.63) is 53.0 Å². The summed E-state index contributed by atoms with van der Waals surface area (Å²) < 4.78 is 11.8. The van der Waals surface area contributed by atoms with Crippen LogP contribution in [-0.2, 0) is 4.79 Å². The Morgan fingerprint density at radius 2 is 2.08 bits per heavy atom. The molecule has 3 rings (SSSR count). The van der Waals surface area contributed by atoms with Gasteiger partial charge in [-0.2, -0.15) is 0 Å². The minimum Gasteiger partial charge on any atom is -0.496 e. The van der Waals surface area contributed by atoms with Crippen LogP contribution in [0.15, 0.2) is 62.6 Å². The maximum absolute atomic E-state index is 12.0. The quantitative estimate of drug-likeness (QED) is 0.602. The predicted molar refractivity (Wildman–Crippen MR) is 99.8 cm³/mol. The fourth-order valence-corrected chi connectivity index (χ4v) is 3.05. The van der Waals surface area contributed by atoms with E-state index in [2.05, 4.69) is 31.4 Å². The average Bonchev–Trinajstić information content (AvgIpc) is 3.09. The van der Waals surface area contributed by atoms with Gasteiger partial charge in [-0.25, -0.2) is 0 Å². The molecule has 1 amide bonds. The Balaban J connectivity index is 1.61. The number of carbonyl (C=O) groups is 1. The van der Waals surface area contributed by atoms with Gasteiger partial charge in [-0.05, 0) is 30.3 Å². The fourth-order valence-electron chi connectivity index (χ4n) is 2.09. The molecule has 1 N–H and O–H groups in total. The second-order valence-corrected chi connectivity index (χ2v) is 6.76. The van der Waals surface area contributed by atoms with Gasteiger partial charge in [0.25, 0.3) is 11.1 Å². The smallest absolute Gasteiger partial charge is 0.277 e. The van der Waals surface area contributed by atoms with E-state index in [1.165, 1.54) is 11.8 Å². The van der Waals surface area contributed by atoms with Crippen LogP contribution >= 0.6 is 27.7 Å². The molecule has 6 nitrogen and oxygen atoms in total. The minimum absolute atomic E-state index is 0.153. The predicted octanol–water partition coefficient (Wildman–Crippen LogP) is 4.24. The zero-order valence-electron chi connectivity index (χ0n) is 13.2. The molecule has 0 saturated heterocycles. The van der Waals surface area contributed by atoms with Crippen molar-refractivity contribution in [3.63, 3.8) is 0 Å². The number of benzene rings is 2. The normalized spacial score (nSPS) is 10.5. The van der Waals surface area contributed by atoms with E-state index in [1.807, 2.05) is 48.5 Å². The number of aromatic nitrogens is 2. The van der Waals surface area contributed by atoms with E-state index >= 15 is 0 Å². The van der Waals surface area contributed by atoms with Crippen LogP contribution in [0.25, 0.3) is 11.5 Å². The lowest BCUT2D eigenvalue weighted by Crippen LogP contribution is -2.13. The summed E-state index contributed by atoms with van der Waals surface area (Å²) in [5.74, 6) is 1.02. The number of halogens is 1. The van der Waals surface area contributed by atoms with Crippen LogP contribution < -0.4 is 10.1 Å². The van der Waals surface area contributed by atoms with Gasteiger partial charge < -0.3 is 14.5 Å². The topological polar surface area (TPSA) is 77.2 Å². The molecule has 128 valence electrons. The van der Waals surface area contributed by atoms with E-state index in [1.54, 1.807) is 7.11 Å². The first-order valence-electron chi connectivity index (χ1n) is 7.31. The van der Waals surface area contributed by atoms with Crippen LogP contribution in [0.3, 0.4) is 0 Å². The van der Waals surface area contributed by atoms with Crippen LogP contribution in [0.4, 0.5) is 5.69 Å². The van der Waals surface area contributed by atoms with Crippen molar-refractivity contribution in [2.45, 2.75) is 5.22 Å². The van der Waals surface area contributed by atoms with Gasteiger partial charge in [-0.1, -0.05) is 45.9 Å². The highest BCUT2D eigenvalue weighted by Gasteiger charge is 2.14. The van der Waals surface area contributed by atoms with Crippen LogP contribution in [0.1, 0.15) is 0 Å². The molecule has 8 heteroatoms. The van der Waals surface area contributed by atoms with Crippen molar-refractivity contribution < 1.29 is 13.9 Å². The van der Waals surface area contributed by atoms with E-state index < -0.39 is 0 Å². The second kappa shape index (κ2) is 8.17. The fraction of sp³-hybridized carbons (Fsp3) is 0.118. The van der Waals surface area contributed by atoms with Crippen LogP contribution in [0.2, 0.25) is 0 Å². The van der Waals surface area contributed by atoms with Crippen LogP contribution in [-0.4, -0.2) is 29.0 Å². The maximum Gasteiger partial charge on any atom is 0.277 e. The van der Waals surface area contributed by atoms with Crippen molar-refractivity contribution >= 4 is 39.3 Å². The molecule has 0 aliphatic rings. The summed E-state index contributed by atoms with van der Waals surface area (Å²) in [7, 11) is 1.58. The monoisotopic (exact) mass is 419 g/mol. The molecular formula is C17H14BrN3O3S. The summed E-state index contributed by atoms with van der Waals surface area (Å²) in [6.07, 6.45) is 0. The second-order valence-electron chi connectivity index (χ2n) is 4.92. The Morgan fingerprint density at radius 1 is 1.24 bits per heavy atom. The van der Waals surface area contributed by atoms with Gasteiger partial charge in [0.15, 0.2) is 0 Å². The van der Waals surface area contributed by atoms with Crippen molar-refractivity contribution in [1.29, 1.82) is 0 Å². The van der Waals surface area contributed by atoms with Crippen molar-refractivity contribution in [2.75, 3.05) is 18.2 Å². The summed E-state index contributed by atoms with van der Waals surface area (Å²) in [5.41, 5.74) is 1.43. The van der Waals surface area contributed by atoms with Gasteiger partial charge in [0.05, 0.1) is 18.4 Å². The van der Waals surface area contributed by atoms with E-state index in [0.717, 1.165) is 10.2 Å². The molecule has 0 radical (unpaired) electrons. The molecule has 0 spiro atoms. The number of thioether (sulfide) groups is 1. The highest BCUT2D eigenvalue weighted by atomic mass is 79.9. The highest BCUT2D eigenvalue weighted by molar-refractivity contribution is 9.10. The summed E-state index contributed by atoms with van der Waals surface area (Å²) in [4.78, 5) is 12.0. The summed E-state index contributed by atoms with van der Waals surface area (Å²) >= 11 is 4.54. The van der Waals surface area contributed by atoms with Gasteiger partial charge in [-0.3, -0.25) is 4.79 Å². The number of methoxy groups -OCH3 is 1. The third-order valence-corrected chi connectivity index (χ3v) is 4.49. The number of nitrogens with one attached hydrogen (secondary N) is 1. The van der Waals surface area contributed by atoms with Crippen LogP contribution in [0, 0.1) is 0 Å². The van der Waals surface area contributed by atoms with E-state index in [4.69, 9.17) is 9.15 Å². The van der Waals surface area contributed by atoms with Crippen LogP contribution in [0.5, 0.6) is 5.75 Å². The van der Waals surface area contributed by atoms with Crippen molar-refractivity contribution in [2.24, 2.45) is 0 Å². The first-order valence-corrected chi connectivity index (χ1v) is 9.08. The highest BCUT2D eigenvalue weighted by Crippen LogP contribution is 2.30. The lowest BCUT2D eigenvalue weighted by Gasteiger charge is -2.04. The first-order chi connectivity index (χ1) is 12.2. The number of rotatable bonds is 6. The van der Waals surface area contributed by atoms with Gasteiger partial charge in [-0.15, -0.1) is 10.2 Å². The zero-order valence-corrected chi connectivity index (χ0v) is 15.6. The van der Waals surface area contributed by atoms with E-state index in [-0.39, 0.29) is 11.7 Å². The van der Waals surface area contributed by atoms with Gasteiger partial charge in [0, 0.05) is 10.2 Å². The molecule has 0 aliphatic carbocycles. The van der Waals surface area contributed by atoms with Crippen molar-refractivity contribution in [3.8, 4) is 17.2 Å². The average molecular weight is 420 g/mol. The Morgan fingerprint density at radius 3 is 2.88 bits per heavy atom. The van der Waals surface area contributed by atoms with E-state index in [9.17, 15) is 4.79 Å². The molecule has 1 aromatic heterocycles. The summed E-state index contributed by atoms with van der Waals surface area (Å²) in [5, 5.41) is 11.1. The molecule has 0 bridgehead atoms. The van der Waals surface area contributed by atoms with E-state index in [0.29, 0.717) is 22.4 Å². The standard InChI is InChI=1S/C17H14BrN3O3S/c1-23-14-8-3-2-7-13(14)16-20-21-17(24-16)25-10-15(22)19-12-6-4-5-11(18)9-12/h2-9H,10H2,1H3,(H,19,22). The molecular weight excluding hydrogens is 406 g/mol. The molecule has 3 aromatic rings. The molecule has 0 atom stereocenters. The number of anilines is 1. The number of ether oxygens (including phenoxy) is 1. The molecule has 0 unspecified atom stereocenters. The molecule has 0 fully saturated rings. The van der Waals surface area contributed by atoms with Crippen molar-refractivity contribution in [1.82, 2.24) is 10.2 Å². The third-order valence-electron chi connectivity index (χ3n) is 3.18. The summed E-state index contributed by atoms with van der Waals surface area (Å²) in [6, 6.07) is 14.8. The lowest BCUT2D eigenvalue weighted by atomic mass is 10.2. The number of amides is 1. The van der Waals surface area contributed by atoms with Gasteiger partial charge in [0.2, 0.25) is 5.91 Å². The number of para-hydroxylation sites is 1. The zero-order chi connectivity index (χ0) is 17.6. The Kier molecular flexibility index (Phi) is 5.72. The number of hydrogen-bond acceptors (Lipinski definition) is 6. The molecule has 0 saturated carbocycles. The molecule has 0 aliphatic heterocycles. The Labute approximate surface area is 157 Å².